The standard InChI is InChI=1S/C16H23BrN2O2/c1-16(2)10-20-14-8-12(7-13(17)15(14)21-11-16)9-19-5-3-18-4-6-19/h7-8,18H,3-6,9-11H2,1-2H3. The maximum atomic E-state index is 5.99. The van der Waals surface area contributed by atoms with Crippen molar-refractivity contribution in [1.82, 2.24) is 10.2 Å². The zero-order valence-corrected chi connectivity index (χ0v) is 14.3. The molecular weight excluding hydrogens is 332 g/mol. The van der Waals surface area contributed by atoms with Gasteiger partial charge in [-0.3, -0.25) is 4.90 Å². The Morgan fingerprint density at radius 1 is 1.19 bits per heavy atom. The monoisotopic (exact) mass is 354 g/mol. The number of nitrogens with one attached hydrogen (secondary N) is 1. The minimum Gasteiger partial charge on any atom is -0.489 e. The van der Waals surface area contributed by atoms with E-state index < -0.39 is 0 Å². The third-order valence-corrected chi connectivity index (χ3v) is 4.50. The molecule has 0 aliphatic carbocycles. The van der Waals surface area contributed by atoms with Crippen molar-refractivity contribution in [2.45, 2.75) is 20.4 Å². The Morgan fingerprint density at radius 3 is 2.67 bits per heavy atom. The predicted octanol–water partition coefficient (Wildman–Crippen LogP) is 2.65. The van der Waals surface area contributed by atoms with Crippen molar-refractivity contribution in [3.05, 3.63) is 22.2 Å². The topological polar surface area (TPSA) is 33.7 Å². The van der Waals surface area contributed by atoms with E-state index in [1.54, 1.807) is 0 Å². The summed E-state index contributed by atoms with van der Waals surface area (Å²) in [6.07, 6.45) is 0. The molecule has 0 amide bonds. The summed E-state index contributed by atoms with van der Waals surface area (Å²) in [6, 6.07) is 4.28. The number of hydrogen-bond acceptors (Lipinski definition) is 4. The van der Waals surface area contributed by atoms with Gasteiger partial charge in [-0.15, -0.1) is 0 Å². The van der Waals surface area contributed by atoms with Crippen LogP contribution in [0, 0.1) is 5.41 Å². The largest absolute Gasteiger partial charge is 0.489 e. The molecule has 1 saturated heterocycles. The Labute approximate surface area is 134 Å². The number of hydrogen-bond donors (Lipinski definition) is 1. The van der Waals surface area contributed by atoms with Gasteiger partial charge in [0, 0.05) is 38.1 Å². The lowest BCUT2D eigenvalue weighted by molar-refractivity contribution is 0.140. The summed E-state index contributed by atoms with van der Waals surface area (Å²) in [5, 5.41) is 3.38. The first kappa shape index (κ1) is 15.1. The van der Waals surface area contributed by atoms with Crippen LogP contribution in [0.2, 0.25) is 0 Å². The highest BCUT2D eigenvalue weighted by Gasteiger charge is 2.27. The molecule has 4 nitrogen and oxygen atoms in total. The highest BCUT2D eigenvalue weighted by atomic mass is 79.9. The fourth-order valence-electron chi connectivity index (χ4n) is 2.67. The van der Waals surface area contributed by atoms with Crippen LogP contribution in [0.3, 0.4) is 0 Å². The molecule has 1 aromatic rings. The summed E-state index contributed by atoms with van der Waals surface area (Å²) in [5.74, 6) is 1.70. The molecule has 2 aliphatic rings. The van der Waals surface area contributed by atoms with Gasteiger partial charge in [-0.05, 0) is 33.6 Å². The van der Waals surface area contributed by atoms with Gasteiger partial charge < -0.3 is 14.8 Å². The first-order valence-corrected chi connectivity index (χ1v) is 8.34. The van der Waals surface area contributed by atoms with Crippen molar-refractivity contribution >= 4 is 15.9 Å². The van der Waals surface area contributed by atoms with E-state index in [1.807, 2.05) is 0 Å². The quantitative estimate of drug-likeness (QED) is 0.885. The van der Waals surface area contributed by atoms with E-state index in [0.29, 0.717) is 13.2 Å². The first-order valence-electron chi connectivity index (χ1n) is 7.55. The Balaban J connectivity index is 1.79. The van der Waals surface area contributed by atoms with Crippen molar-refractivity contribution < 1.29 is 9.47 Å². The number of ether oxygens (including phenoxy) is 2. The highest BCUT2D eigenvalue weighted by Crippen LogP contribution is 2.40. The molecule has 1 fully saturated rings. The van der Waals surface area contributed by atoms with Crippen molar-refractivity contribution in [2.24, 2.45) is 5.41 Å². The number of rotatable bonds is 2. The Hall–Kier alpha value is -0.780. The van der Waals surface area contributed by atoms with E-state index in [9.17, 15) is 0 Å². The summed E-state index contributed by atoms with van der Waals surface area (Å²) in [6.45, 7) is 11.0. The molecule has 1 aromatic carbocycles. The SMILES string of the molecule is CC1(C)COc2cc(CN3CCNCC3)cc(Br)c2OC1. The summed E-state index contributed by atoms with van der Waals surface area (Å²) >= 11 is 3.63. The number of fused-ring (bicyclic) bond motifs is 1. The maximum Gasteiger partial charge on any atom is 0.175 e. The van der Waals surface area contributed by atoms with Crippen molar-refractivity contribution in [3.63, 3.8) is 0 Å². The van der Waals surface area contributed by atoms with Gasteiger partial charge in [0.1, 0.15) is 0 Å². The molecule has 1 N–H and O–H groups in total. The van der Waals surface area contributed by atoms with Gasteiger partial charge in [0.2, 0.25) is 0 Å². The Morgan fingerprint density at radius 2 is 1.90 bits per heavy atom. The lowest BCUT2D eigenvalue weighted by Gasteiger charge is -2.27. The van der Waals surface area contributed by atoms with Gasteiger partial charge in [0.05, 0.1) is 17.7 Å². The molecule has 0 radical (unpaired) electrons. The second-order valence-corrected chi connectivity index (χ2v) is 7.53. The molecule has 5 heteroatoms. The molecule has 21 heavy (non-hydrogen) atoms. The van der Waals surface area contributed by atoms with Gasteiger partial charge in [-0.25, -0.2) is 0 Å². The summed E-state index contributed by atoms with van der Waals surface area (Å²) in [5.41, 5.74) is 1.31. The zero-order chi connectivity index (χ0) is 14.9. The van der Waals surface area contributed by atoms with Crippen LogP contribution >= 0.6 is 15.9 Å². The minimum absolute atomic E-state index is 0.0389. The second kappa shape index (κ2) is 6.15. The molecule has 116 valence electrons. The fraction of sp³-hybridized carbons (Fsp3) is 0.625. The number of piperazine rings is 1. The van der Waals surface area contributed by atoms with Gasteiger partial charge in [0.15, 0.2) is 11.5 Å². The summed E-state index contributed by atoms with van der Waals surface area (Å²) < 4.78 is 12.9. The first-order chi connectivity index (χ1) is 10.0. The van der Waals surface area contributed by atoms with Gasteiger partial charge in [-0.2, -0.15) is 0 Å². The fourth-order valence-corrected chi connectivity index (χ4v) is 3.27. The maximum absolute atomic E-state index is 5.99. The molecule has 0 unspecified atom stereocenters. The van der Waals surface area contributed by atoms with Crippen LogP contribution < -0.4 is 14.8 Å². The van der Waals surface area contributed by atoms with Gasteiger partial charge >= 0.3 is 0 Å². The third-order valence-electron chi connectivity index (χ3n) is 3.91. The number of nitrogens with zero attached hydrogens (tertiary/aromatic N) is 1. The molecule has 0 atom stereocenters. The van der Waals surface area contributed by atoms with E-state index >= 15 is 0 Å². The molecule has 2 aliphatic heterocycles. The third kappa shape index (κ3) is 3.71. The predicted molar refractivity (Wildman–Crippen MR) is 87.1 cm³/mol. The Bertz CT molecular complexity index is 513. The van der Waals surface area contributed by atoms with E-state index in [1.165, 1.54) is 5.56 Å². The van der Waals surface area contributed by atoms with Crippen LogP contribution in [0.25, 0.3) is 0 Å². The highest BCUT2D eigenvalue weighted by molar-refractivity contribution is 9.10. The van der Waals surface area contributed by atoms with E-state index in [2.05, 4.69) is 52.1 Å². The molecule has 3 rings (SSSR count). The summed E-state index contributed by atoms with van der Waals surface area (Å²) in [4.78, 5) is 2.46. The second-order valence-electron chi connectivity index (χ2n) is 6.67. The van der Waals surface area contributed by atoms with Crippen LogP contribution in [0.15, 0.2) is 16.6 Å². The number of benzene rings is 1. The normalized spacial score (nSPS) is 21.9. The molecule has 2 heterocycles. The molecule has 0 saturated carbocycles. The van der Waals surface area contributed by atoms with Crippen LogP contribution in [-0.2, 0) is 6.54 Å². The van der Waals surface area contributed by atoms with Crippen LogP contribution in [-0.4, -0.2) is 44.3 Å². The zero-order valence-electron chi connectivity index (χ0n) is 12.7. The Kier molecular flexibility index (Phi) is 4.43. The van der Waals surface area contributed by atoms with E-state index in [0.717, 1.165) is 48.7 Å². The lowest BCUT2D eigenvalue weighted by Crippen LogP contribution is -2.42. The summed E-state index contributed by atoms with van der Waals surface area (Å²) in [7, 11) is 0. The van der Waals surface area contributed by atoms with E-state index in [4.69, 9.17) is 9.47 Å². The lowest BCUT2D eigenvalue weighted by atomic mass is 9.97. The van der Waals surface area contributed by atoms with Gasteiger partial charge in [-0.1, -0.05) is 13.8 Å². The molecule has 0 bridgehead atoms. The van der Waals surface area contributed by atoms with Crippen molar-refractivity contribution in [3.8, 4) is 11.5 Å². The molecule has 0 aromatic heterocycles. The average molecular weight is 355 g/mol. The van der Waals surface area contributed by atoms with Gasteiger partial charge in [0.25, 0.3) is 0 Å². The smallest absolute Gasteiger partial charge is 0.175 e. The van der Waals surface area contributed by atoms with Crippen molar-refractivity contribution in [2.75, 3.05) is 39.4 Å². The van der Waals surface area contributed by atoms with Crippen LogP contribution in [0.4, 0.5) is 0 Å². The molecule has 0 spiro atoms. The van der Waals surface area contributed by atoms with E-state index in [-0.39, 0.29) is 5.41 Å². The number of halogens is 1. The van der Waals surface area contributed by atoms with Crippen molar-refractivity contribution in [1.29, 1.82) is 0 Å². The van der Waals surface area contributed by atoms with Crippen LogP contribution in [0.5, 0.6) is 11.5 Å². The average Bonchev–Trinajstić information content (AvgIpc) is 2.60. The molecular formula is C16H23BrN2O2. The minimum atomic E-state index is 0.0389. The van der Waals surface area contributed by atoms with Crippen LogP contribution in [0.1, 0.15) is 19.4 Å².